The number of rotatable bonds is 6. The van der Waals surface area contributed by atoms with Crippen LogP contribution in [-0.4, -0.2) is 48.2 Å². The van der Waals surface area contributed by atoms with Crippen molar-refractivity contribution in [1.82, 2.24) is 4.90 Å². The van der Waals surface area contributed by atoms with Crippen molar-refractivity contribution in [3.8, 4) is 11.1 Å². The summed E-state index contributed by atoms with van der Waals surface area (Å²) in [5, 5.41) is 11.6. The molecule has 7 nitrogen and oxygen atoms in total. The number of likely N-dealkylation sites (N-methyl/N-ethyl adjacent to an activating group) is 1. The highest BCUT2D eigenvalue weighted by Gasteiger charge is 2.29. The number of aryl methyl sites for hydroxylation is 1. The summed E-state index contributed by atoms with van der Waals surface area (Å²) in [6.45, 7) is 1.56. The van der Waals surface area contributed by atoms with Crippen molar-refractivity contribution in [3.63, 3.8) is 0 Å². The largest absolute Gasteiger partial charge is 0.480 e. The van der Waals surface area contributed by atoms with Crippen LogP contribution < -0.4 is 5.32 Å². The number of benzene rings is 3. The summed E-state index contributed by atoms with van der Waals surface area (Å²) in [6.07, 6.45) is -0.622. The molecule has 1 aliphatic carbocycles. The van der Waals surface area contributed by atoms with Crippen LogP contribution in [-0.2, 0) is 9.53 Å². The van der Waals surface area contributed by atoms with Crippen molar-refractivity contribution in [2.24, 2.45) is 0 Å². The van der Waals surface area contributed by atoms with Crippen molar-refractivity contribution in [2.75, 3.05) is 25.5 Å². The van der Waals surface area contributed by atoms with E-state index in [4.69, 9.17) is 9.84 Å². The molecule has 4 rings (SSSR count). The van der Waals surface area contributed by atoms with Crippen molar-refractivity contribution in [3.05, 3.63) is 89.0 Å². The summed E-state index contributed by atoms with van der Waals surface area (Å²) in [5.74, 6) is -1.61. The Morgan fingerprint density at radius 3 is 2.18 bits per heavy atom. The second kappa shape index (κ2) is 9.16. The van der Waals surface area contributed by atoms with Gasteiger partial charge in [-0.15, -0.1) is 0 Å². The number of ether oxygens (including phenoxy) is 1. The number of carboxylic acid groups (broad SMARTS) is 1. The molecule has 3 aromatic rings. The van der Waals surface area contributed by atoms with Crippen molar-refractivity contribution >= 4 is 23.7 Å². The van der Waals surface area contributed by atoms with Crippen molar-refractivity contribution in [1.29, 1.82) is 0 Å². The number of nitrogens with zero attached hydrogens (tertiary/aromatic N) is 1. The highest BCUT2D eigenvalue weighted by molar-refractivity contribution is 5.97. The van der Waals surface area contributed by atoms with Crippen LogP contribution in [0.3, 0.4) is 0 Å². The monoisotopic (exact) mass is 444 g/mol. The van der Waals surface area contributed by atoms with E-state index in [1.165, 1.54) is 13.1 Å². The van der Waals surface area contributed by atoms with Gasteiger partial charge in [-0.1, -0.05) is 54.6 Å². The SMILES string of the molecule is Cc1ccc(C(=O)N(C)CC(=O)O)cc1NC(=O)OCC1c2ccccc2-c2ccccc21. The lowest BCUT2D eigenvalue weighted by atomic mass is 9.98. The fraction of sp³-hybridized carbons (Fsp3) is 0.192. The molecule has 0 atom stereocenters. The van der Waals surface area contributed by atoms with Gasteiger partial charge in [0.05, 0.1) is 0 Å². The fourth-order valence-electron chi connectivity index (χ4n) is 4.13. The number of hydrogen-bond donors (Lipinski definition) is 2. The Hall–Kier alpha value is -4.13. The minimum absolute atomic E-state index is 0.0539. The molecule has 0 heterocycles. The van der Waals surface area contributed by atoms with Crippen LogP contribution in [0.15, 0.2) is 66.7 Å². The highest BCUT2D eigenvalue weighted by Crippen LogP contribution is 2.44. The summed E-state index contributed by atoms with van der Waals surface area (Å²) in [7, 11) is 1.41. The molecule has 33 heavy (non-hydrogen) atoms. The topological polar surface area (TPSA) is 95.9 Å². The molecule has 3 aromatic carbocycles. The minimum atomic E-state index is -1.10. The Morgan fingerprint density at radius 1 is 0.970 bits per heavy atom. The van der Waals surface area contributed by atoms with Gasteiger partial charge in [0.1, 0.15) is 13.2 Å². The van der Waals surface area contributed by atoms with Gasteiger partial charge >= 0.3 is 12.1 Å². The molecule has 0 saturated heterocycles. The number of amides is 2. The van der Waals surface area contributed by atoms with Gasteiger partial charge in [0.2, 0.25) is 0 Å². The van der Waals surface area contributed by atoms with Crippen LogP contribution >= 0.6 is 0 Å². The van der Waals surface area contributed by atoms with Gasteiger partial charge in [-0.05, 0) is 46.9 Å². The van der Waals surface area contributed by atoms with Gasteiger partial charge < -0.3 is 14.7 Å². The Morgan fingerprint density at radius 2 is 1.58 bits per heavy atom. The molecule has 168 valence electrons. The summed E-state index contributed by atoms with van der Waals surface area (Å²) in [5.41, 5.74) is 6.00. The first-order valence-corrected chi connectivity index (χ1v) is 10.5. The molecule has 7 heteroatoms. The molecule has 2 N–H and O–H groups in total. The Bertz CT molecular complexity index is 1190. The number of hydrogen-bond acceptors (Lipinski definition) is 4. The first-order chi connectivity index (χ1) is 15.8. The lowest BCUT2D eigenvalue weighted by Gasteiger charge is -2.17. The summed E-state index contributed by atoms with van der Waals surface area (Å²) in [6, 6.07) is 21.0. The first kappa shape index (κ1) is 22.1. The predicted molar refractivity (Wildman–Crippen MR) is 124 cm³/mol. The number of anilines is 1. The quantitative estimate of drug-likeness (QED) is 0.583. The van der Waals surface area contributed by atoms with Crippen LogP contribution in [0, 0.1) is 6.92 Å². The molecule has 0 radical (unpaired) electrons. The van der Waals surface area contributed by atoms with E-state index in [1.807, 2.05) is 36.4 Å². The summed E-state index contributed by atoms with van der Waals surface area (Å²) < 4.78 is 5.58. The maximum absolute atomic E-state index is 12.6. The molecule has 0 unspecified atom stereocenters. The third kappa shape index (κ3) is 4.57. The smallest absolute Gasteiger partial charge is 0.411 e. The van der Waals surface area contributed by atoms with Crippen molar-refractivity contribution in [2.45, 2.75) is 12.8 Å². The zero-order valence-electron chi connectivity index (χ0n) is 18.4. The average molecular weight is 444 g/mol. The van der Waals surface area contributed by atoms with Crippen LogP contribution in [0.4, 0.5) is 10.5 Å². The molecule has 0 saturated carbocycles. The van der Waals surface area contributed by atoms with Gasteiger partial charge in [-0.25, -0.2) is 4.79 Å². The number of nitrogens with one attached hydrogen (secondary N) is 1. The van der Waals surface area contributed by atoms with Crippen molar-refractivity contribution < 1.29 is 24.2 Å². The minimum Gasteiger partial charge on any atom is -0.480 e. The standard InChI is InChI=1S/C26H24N2O5/c1-16-11-12-17(25(31)28(2)14-24(29)30)13-23(16)27-26(32)33-15-22-20-9-5-3-7-18(20)19-8-4-6-10-21(19)22/h3-13,22H,14-15H2,1-2H3,(H,27,32)(H,29,30). The van der Waals surface area contributed by atoms with Crippen LogP contribution in [0.25, 0.3) is 11.1 Å². The Labute approximate surface area is 191 Å². The molecule has 0 fully saturated rings. The lowest BCUT2D eigenvalue weighted by Crippen LogP contribution is -2.32. The number of aliphatic carboxylic acids is 1. The predicted octanol–water partition coefficient (Wildman–Crippen LogP) is 4.51. The summed E-state index contributed by atoms with van der Waals surface area (Å²) >= 11 is 0. The maximum Gasteiger partial charge on any atom is 0.411 e. The molecule has 0 bridgehead atoms. The number of carbonyl (C=O) groups excluding carboxylic acids is 2. The zero-order chi connectivity index (χ0) is 23.5. The molecular weight excluding hydrogens is 420 g/mol. The second-order valence-corrected chi connectivity index (χ2v) is 8.04. The third-order valence-electron chi connectivity index (χ3n) is 5.78. The van der Waals surface area contributed by atoms with Gasteiger partial charge in [-0.3, -0.25) is 14.9 Å². The van der Waals surface area contributed by atoms with Gasteiger partial charge in [0.15, 0.2) is 0 Å². The number of fused-ring (bicyclic) bond motifs is 3. The zero-order valence-corrected chi connectivity index (χ0v) is 18.4. The lowest BCUT2D eigenvalue weighted by molar-refractivity contribution is -0.137. The highest BCUT2D eigenvalue weighted by atomic mass is 16.5. The molecule has 0 aromatic heterocycles. The molecule has 0 spiro atoms. The normalized spacial score (nSPS) is 11.9. The number of carbonyl (C=O) groups is 3. The Kier molecular flexibility index (Phi) is 6.13. The first-order valence-electron chi connectivity index (χ1n) is 10.5. The van der Waals surface area contributed by atoms with Crippen LogP contribution in [0.1, 0.15) is 33.0 Å². The van der Waals surface area contributed by atoms with Crippen LogP contribution in [0.5, 0.6) is 0 Å². The molecular formula is C26H24N2O5. The Balaban J connectivity index is 1.46. The van der Waals surface area contributed by atoms with E-state index in [0.29, 0.717) is 5.69 Å². The van der Waals surface area contributed by atoms with E-state index in [-0.39, 0.29) is 18.1 Å². The van der Waals surface area contributed by atoms with E-state index in [1.54, 1.807) is 19.1 Å². The number of carboxylic acids is 1. The second-order valence-electron chi connectivity index (χ2n) is 8.04. The van der Waals surface area contributed by atoms with E-state index < -0.39 is 24.5 Å². The van der Waals surface area contributed by atoms with Gasteiger partial charge in [0, 0.05) is 24.2 Å². The van der Waals surface area contributed by atoms with Gasteiger partial charge in [0.25, 0.3) is 5.91 Å². The van der Waals surface area contributed by atoms with E-state index >= 15 is 0 Å². The molecule has 0 aliphatic heterocycles. The third-order valence-corrected chi connectivity index (χ3v) is 5.78. The summed E-state index contributed by atoms with van der Waals surface area (Å²) in [4.78, 5) is 37.1. The van der Waals surface area contributed by atoms with E-state index in [9.17, 15) is 14.4 Å². The molecule has 1 aliphatic rings. The average Bonchev–Trinajstić information content (AvgIpc) is 3.12. The van der Waals surface area contributed by atoms with E-state index in [2.05, 4.69) is 17.4 Å². The fourth-order valence-corrected chi connectivity index (χ4v) is 4.13. The van der Waals surface area contributed by atoms with Crippen LogP contribution in [0.2, 0.25) is 0 Å². The van der Waals surface area contributed by atoms with E-state index in [0.717, 1.165) is 32.7 Å². The molecule has 2 amide bonds. The van der Waals surface area contributed by atoms with Gasteiger partial charge in [-0.2, -0.15) is 0 Å². The maximum atomic E-state index is 12.6.